The van der Waals surface area contributed by atoms with Crippen LogP contribution < -0.4 is 4.90 Å². The molecule has 3 heterocycles. The lowest BCUT2D eigenvalue weighted by Gasteiger charge is -2.18. The Bertz CT molecular complexity index is 725. The molecule has 1 amide bonds. The summed E-state index contributed by atoms with van der Waals surface area (Å²) in [5.74, 6) is 0.416. The molecule has 0 aromatic carbocycles. The molecule has 0 aliphatic carbocycles. The summed E-state index contributed by atoms with van der Waals surface area (Å²) in [7, 11) is 4.07. The van der Waals surface area contributed by atoms with Gasteiger partial charge in [-0.3, -0.25) is 9.78 Å². The van der Waals surface area contributed by atoms with Crippen molar-refractivity contribution in [2.24, 2.45) is 0 Å². The fourth-order valence-corrected chi connectivity index (χ4v) is 3.75. The first-order chi connectivity index (χ1) is 11.0. The summed E-state index contributed by atoms with van der Waals surface area (Å²) in [6, 6.07) is 4.23. The number of pyridine rings is 1. The first-order valence-electron chi connectivity index (χ1n) is 7.81. The van der Waals surface area contributed by atoms with Crippen LogP contribution in [0.25, 0.3) is 0 Å². The van der Waals surface area contributed by atoms with Gasteiger partial charge >= 0.3 is 0 Å². The molecular formula is C17H22N4OS. The normalized spacial score (nSPS) is 17.6. The molecule has 0 N–H and O–H groups in total. The summed E-state index contributed by atoms with van der Waals surface area (Å²) in [5, 5.41) is 0. The Morgan fingerprint density at radius 2 is 2.13 bits per heavy atom. The molecule has 1 atom stereocenters. The van der Waals surface area contributed by atoms with Crippen LogP contribution in [0.2, 0.25) is 0 Å². The SMILES string of the molecule is Cc1cc(N(C)C)cc([C@H]2CCN(C(=O)c3scnc3C)C2)n1. The zero-order valence-electron chi connectivity index (χ0n) is 14.0. The summed E-state index contributed by atoms with van der Waals surface area (Å²) >= 11 is 1.43. The van der Waals surface area contributed by atoms with Crippen LogP contribution in [0.1, 0.15) is 39.1 Å². The maximum atomic E-state index is 12.6. The van der Waals surface area contributed by atoms with Crippen molar-refractivity contribution >= 4 is 22.9 Å². The van der Waals surface area contributed by atoms with Crippen molar-refractivity contribution in [1.29, 1.82) is 0 Å². The first-order valence-corrected chi connectivity index (χ1v) is 8.69. The average Bonchev–Trinajstić information content (AvgIpc) is 3.14. The van der Waals surface area contributed by atoms with Crippen molar-refractivity contribution in [3.8, 4) is 0 Å². The zero-order valence-corrected chi connectivity index (χ0v) is 14.9. The summed E-state index contributed by atoms with van der Waals surface area (Å²) in [6.07, 6.45) is 0.965. The maximum Gasteiger partial charge on any atom is 0.265 e. The molecular weight excluding hydrogens is 308 g/mol. The van der Waals surface area contributed by atoms with Crippen LogP contribution in [-0.2, 0) is 0 Å². The Labute approximate surface area is 141 Å². The van der Waals surface area contributed by atoms with Crippen LogP contribution in [0, 0.1) is 13.8 Å². The predicted octanol–water partition coefficient (Wildman–Crippen LogP) is 2.85. The molecule has 5 nitrogen and oxygen atoms in total. The Morgan fingerprint density at radius 1 is 1.35 bits per heavy atom. The van der Waals surface area contributed by atoms with Crippen LogP contribution in [0.4, 0.5) is 5.69 Å². The van der Waals surface area contributed by atoms with Crippen LogP contribution in [0.3, 0.4) is 0 Å². The number of nitrogens with zero attached hydrogens (tertiary/aromatic N) is 4. The topological polar surface area (TPSA) is 49.3 Å². The fraction of sp³-hybridized carbons (Fsp3) is 0.471. The first kappa shape index (κ1) is 15.9. The Hall–Kier alpha value is -1.95. The Kier molecular flexibility index (Phi) is 4.35. The number of aromatic nitrogens is 2. The molecule has 1 aliphatic heterocycles. The monoisotopic (exact) mass is 330 g/mol. The zero-order chi connectivity index (χ0) is 16.6. The number of hydrogen-bond acceptors (Lipinski definition) is 5. The van der Waals surface area contributed by atoms with E-state index in [0.29, 0.717) is 5.92 Å². The van der Waals surface area contributed by atoms with Gasteiger partial charge in [-0.1, -0.05) is 0 Å². The number of aryl methyl sites for hydroxylation is 2. The number of amides is 1. The number of rotatable bonds is 3. The van der Waals surface area contributed by atoms with Crippen LogP contribution in [-0.4, -0.2) is 48.0 Å². The molecule has 1 saturated heterocycles. The van der Waals surface area contributed by atoms with Gasteiger partial charge in [-0.15, -0.1) is 11.3 Å². The van der Waals surface area contributed by atoms with E-state index in [-0.39, 0.29) is 5.91 Å². The third-order valence-electron chi connectivity index (χ3n) is 4.31. The lowest BCUT2D eigenvalue weighted by atomic mass is 10.0. The summed E-state index contributed by atoms with van der Waals surface area (Å²) in [5.41, 5.74) is 5.84. The molecule has 1 aliphatic rings. The van der Waals surface area contributed by atoms with E-state index in [1.165, 1.54) is 11.3 Å². The molecule has 0 radical (unpaired) electrons. The van der Waals surface area contributed by atoms with Gasteiger partial charge < -0.3 is 9.80 Å². The standard InChI is InChI=1S/C17H22N4OS/c1-11-7-14(20(3)4)8-15(19-11)13-5-6-21(9-13)17(22)16-12(2)18-10-23-16/h7-8,10,13H,5-6,9H2,1-4H3/t13-/m0/s1. The molecule has 2 aromatic rings. The second-order valence-corrected chi connectivity index (χ2v) is 7.14. The smallest absolute Gasteiger partial charge is 0.265 e. The second-order valence-electron chi connectivity index (χ2n) is 6.29. The van der Waals surface area contributed by atoms with Gasteiger partial charge in [0.05, 0.1) is 11.2 Å². The highest BCUT2D eigenvalue weighted by molar-refractivity contribution is 7.11. The number of thiazole rings is 1. The molecule has 122 valence electrons. The van der Waals surface area contributed by atoms with E-state index in [1.807, 2.05) is 32.8 Å². The van der Waals surface area contributed by atoms with E-state index < -0.39 is 0 Å². The molecule has 3 rings (SSSR count). The van der Waals surface area contributed by atoms with Crippen molar-refractivity contribution < 1.29 is 4.79 Å². The van der Waals surface area contributed by atoms with E-state index >= 15 is 0 Å². The number of likely N-dealkylation sites (tertiary alicyclic amines) is 1. The third-order valence-corrected chi connectivity index (χ3v) is 5.22. The van der Waals surface area contributed by atoms with Gasteiger partial charge in [-0.25, -0.2) is 4.98 Å². The highest BCUT2D eigenvalue weighted by atomic mass is 32.1. The van der Waals surface area contributed by atoms with Gasteiger partial charge in [0, 0.05) is 50.2 Å². The van der Waals surface area contributed by atoms with Crippen molar-refractivity contribution in [2.75, 3.05) is 32.1 Å². The molecule has 23 heavy (non-hydrogen) atoms. The second kappa shape index (κ2) is 6.28. The largest absolute Gasteiger partial charge is 0.378 e. The lowest BCUT2D eigenvalue weighted by molar-refractivity contribution is 0.0794. The van der Waals surface area contributed by atoms with Crippen LogP contribution in [0.15, 0.2) is 17.6 Å². The number of anilines is 1. The minimum Gasteiger partial charge on any atom is -0.378 e. The van der Waals surface area contributed by atoms with Gasteiger partial charge in [-0.05, 0) is 32.4 Å². The number of hydrogen-bond donors (Lipinski definition) is 0. The predicted molar refractivity (Wildman–Crippen MR) is 93.4 cm³/mol. The van der Waals surface area contributed by atoms with Crippen molar-refractivity contribution in [1.82, 2.24) is 14.9 Å². The number of carbonyl (C=O) groups excluding carboxylic acids is 1. The van der Waals surface area contributed by atoms with Gasteiger partial charge in [0.1, 0.15) is 4.88 Å². The molecule has 1 fully saturated rings. The van der Waals surface area contributed by atoms with Gasteiger partial charge in [0.25, 0.3) is 5.91 Å². The van der Waals surface area contributed by atoms with E-state index in [9.17, 15) is 4.79 Å². The molecule has 6 heteroatoms. The van der Waals surface area contributed by atoms with Crippen LogP contribution >= 0.6 is 11.3 Å². The summed E-state index contributed by atoms with van der Waals surface area (Å²) in [4.78, 5) is 26.3. The Morgan fingerprint density at radius 3 is 2.78 bits per heavy atom. The summed E-state index contributed by atoms with van der Waals surface area (Å²) < 4.78 is 0. The van der Waals surface area contributed by atoms with E-state index in [4.69, 9.17) is 4.98 Å². The minimum atomic E-state index is 0.105. The summed E-state index contributed by atoms with van der Waals surface area (Å²) in [6.45, 7) is 5.44. The third kappa shape index (κ3) is 3.22. The Balaban J connectivity index is 1.78. The minimum absolute atomic E-state index is 0.105. The molecule has 0 bridgehead atoms. The van der Waals surface area contributed by atoms with Crippen molar-refractivity contribution in [2.45, 2.75) is 26.2 Å². The van der Waals surface area contributed by atoms with Gasteiger partial charge in [0.2, 0.25) is 0 Å². The van der Waals surface area contributed by atoms with E-state index in [1.54, 1.807) is 5.51 Å². The highest BCUT2D eigenvalue weighted by Gasteiger charge is 2.30. The lowest BCUT2D eigenvalue weighted by Crippen LogP contribution is -2.28. The molecule has 0 saturated carbocycles. The van der Waals surface area contributed by atoms with E-state index in [0.717, 1.165) is 47.2 Å². The highest BCUT2D eigenvalue weighted by Crippen LogP contribution is 2.30. The van der Waals surface area contributed by atoms with Gasteiger partial charge in [-0.2, -0.15) is 0 Å². The van der Waals surface area contributed by atoms with Crippen molar-refractivity contribution in [3.63, 3.8) is 0 Å². The van der Waals surface area contributed by atoms with Crippen molar-refractivity contribution in [3.05, 3.63) is 39.6 Å². The number of carbonyl (C=O) groups is 1. The maximum absolute atomic E-state index is 12.6. The quantitative estimate of drug-likeness (QED) is 0.868. The van der Waals surface area contributed by atoms with Crippen LogP contribution in [0.5, 0.6) is 0 Å². The molecule has 0 unspecified atom stereocenters. The average molecular weight is 330 g/mol. The fourth-order valence-electron chi connectivity index (χ4n) is 2.98. The van der Waals surface area contributed by atoms with Gasteiger partial charge in [0.15, 0.2) is 0 Å². The van der Waals surface area contributed by atoms with E-state index in [2.05, 4.69) is 22.0 Å². The molecule has 0 spiro atoms. The molecule has 2 aromatic heterocycles.